The van der Waals surface area contributed by atoms with Gasteiger partial charge in [0.05, 0.1) is 13.1 Å². The highest BCUT2D eigenvalue weighted by molar-refractivity contribution is 6.58. The van der Waals surface area contributed by atoms with Crippen molar-refractivity contribution in [1.82, 2.24) is 0 Å². The molecule has 0 aliphatic carbocycles. The van der Waals surface area contributed by atoms with Crippen LogP contribution in [0.2, 0.25) is 0 Å². The Balaban J connectivity index is 0.00000128. The minimum absolute atomic E-state index is 0.555. The fourth-order valence-corrected chi connectivity index (χ4v) is 6.15. The number of quaternary nitrogens is 1. The smallest absolute Gasteiger partial charge is 0.217 e. The van der Waals surface area contributed by atoms with E-state index < -0.39 is 7.12 Å². The molecule has 0 aliphatic rings. The van der Waals surface area contributed by atoms with Crippen molar-refractivity contribution >= 4 is 12.6 Å². The first-order chi connectivity index (χ1) is 22.8. The standard InChI is InChI=1S/C32H67N.C10H14BO2/c1-3-5-7-9-11-13-15-17-19-21-23-25-27-29-31-33-32-30-28-26-24-22-20-18-16-14-12-10-8-6-4-2;1-2-3-9-13-11(12)10-7-5-4-6-8-10/h33H,3-32H2,1-2H3;4-8H,2-3,9H2,1H3/q;-1/p+1. The molecule has 0 amide bonds. The molecule has 3 nitrogen and oxygen atoms in total. The van der Waals surface area contributed by atoms with Crippen LogP contribution in [0, 0.1) is 0 Å². The lowest BCUT2D eigenvalue weighted by molar-refractivity contribution is -0.655. The van der Waals surface area contributed by atoms with Crippen LogP contribution < -0.4 is 15.8 Å². The molecule has 270 valence electrons. The van der Waals surface area contributed by atoms with Gasteiger partial charge in [0, 0.05) is 6.61 Å². The van der Waals surface area contributed by atoms with E-state index in [2.05, 4.69) is 26.1 Å². The van der Waals surface area contributed by atoms with Gasteiger partial charge in [0.15, 0.2) is 0 Å². The number of hydrogen-bond acceptors (Lipinski definition) is 2. The van der Waals surface area contributed by atoms with Gasteiger partial charge in [-0.1, -0.05) is 217 Å². The summed E-state index contributed by atoms with van der Waals surface area (Å²) >= 11 is 0. The highest BCUT2D eigenvalue weighted by Crippen LogP contribution is 2.14. The fraction of sp³-hybridized carbons (Fsp3) is 0.857. The lowest BCUT2D eigenvalue weighted by Crippen LogP contribution is -2.84. The van der Waals surface area contributed by atoms with Crippen molar-refractivity contribution in [3.63, 3.8) is 0 Å². The van der Waals surface area contributed by atoms with Crippen LogP contribution in [0.3, 0.4) is 0 Å². The van der Waals surface area contributed by atoms with Gasteiger partial charge >= 0.3 is 0 Å². The maximum absolute atomic E-state index is 11.4. The van der Waals surface area contributed by atoms with Crippen molar-refractivity contribution in [2.24, 2.45) is 0 Å². The summed E-state index contributed by atoms with van der Waals surface area (Å²) in [5, 5.41) is 14.0. The van der Waals surface area contributed by atoms with Gasteiger partial charge < -0.3 is 15.0 Å². The monoisotopic (exact) mass is 644 g/mol. The zero-order valence-electron chi connectivity index (χ0n) is 31.7. The third-order valence-electron chi connectivity index (χ3n) is 9.36. The molecule has 0 radical (unpaired) electrons. The summed E-state index contributed by atoms with van der Waals surface area (Å²) in [6, 6.07) is 9.18. The summed E-state index contributed by atoms with van der Waals surface area (Å²) < 4.78 is 5.11. The van der Waals surface area contributed by atoms with Crippen molar-refractivity contribution in [2.75, 3.05) is 19.7 Å². The lowest BCUT2D eigenvalue weighted by Gasteiger charge is -2.19. The maximum atomic E-state index is 11.4. The van der Waals surface area contributed by atoms with Crippen molar-refractivity contribution in [2.45, 2.75) is 213 Å². The molecule has 1 rings (SSSR count). The first-order valence-electron chi connectivity index (χ1n) is 20.9. The molecular weight excluding hydrogens is 561 g/mol. The minimum atomic E-state index is -1.02. The second-order valence-corrected chi connectivity index (χ2v) is 14.0. The Morgan fingerprint density at radius 3 is 1.07 bits per heavy atom. The number of rotatable bonds is 35. The average molecular weight is 644 g/mol. The zero-order chi connectivity index (χ0) is 33.4. The molecule has 1 aromatic rings. The molecule has 0 spiro atoms. The molecule has 0 atom stereocenters. The van der Waals surface area contributed by atoms with Crippen LogP contribution >= 0.6 is 0 Å². The van der Waals surface area contributed by atoms with Gasteiger partial charge in [0.25, 0.3) is 0 Å². The third-order valence-corrected chi connectivity index (χ3v) is 9.36. The summed E-state index contributed by atoms with van der Waals surface area (Å²) in [5.41, 5.74) is 0.707. The Kier molecular flexibility index (Phi) is 39.6. The first kappa shape index (κ1) is 45.2. The molecule has 0 bridgehead atoms. The van der Waals surface area contributed by atoms with E-state index in [9.17, 15) is 5.02 Å². The second-order valence-electron chi connectivity index (χ2n) is 14.0. The summed E-state index contributed by atoms with van der Waals surface area (Å²) in [6.07, 6.45) is 43.1. The Morgan fingerprint density at radius 1 is 0.435 bits per heavy atom. The summed E-state index contributed by atoms with van der Waals surface area (Å²) in [7, 11) is -1.02. The SMILES string of the molecule is CCCCCCCCCCCCCCCC[NH2+]CCCCCCCCCCCCCCCC.CCCCOB([O-])c1ccccc1. The van der Waals surface area contributed by atoms with Crippen molar-refractivity contribution < 1.29 is 15.0 Å². The molecule has 0 aromatic heterocycles. The summed E-state index contributed by atoms with van der Waals surface area (Å²) in [6.45, 7) is 9.98. The number of nitrogens with two attached hydrogens (primary N) is 1. The van der Waals surface area contributed by atoms with Gasteiger partial charge in [-0.3, -0.25) is 0 Å². The predicted octanol–water partition coefficient (Wildman–Crippen LogP) is 11.1. The topological polar surface area (TPSA) is 48.9 Å². The van der Waals surface area contributed by atoms with Crippen LogP contribution in [0.15, 0.2) is 30.3 Å². The van der Waals surface area contributed by atoms with Crippen LogP contribution in [-0.2, 0) is 4.65 Å². The van der Waals surface area contributed by atoms with Crippen molar-refractivity contribution in [1.29, 1.82) is 0 Å². The molecule has 0 fully saturated rings. The average Bonchev–Trinajstić information content (AvgIpc) is 3.08. The fourth-order valence-electron chi connectivity index (χ4n) is 6.15. The Bertz CT molecular complexity index is 628. The molecular formula is C42H82BNO2. The van der Waals surface area contributed by atoms with Crippen LogP contribution in [0.25, 0.3) is 0 Å². The van der Waals surface area contributed by atoms with Gasteiger partial charge in [-0.2, -0.15) is 0 Å². The van der Waals surface area contributed by atoms with E-state index in [1.54, 1.807) is 12.1 Å². The summed E-state index contributed by atoms with van der Waals surface area (Å²) in [4.78, 5) is 0. The molecule has 2 N–H and O–H groups in total. The van der Waals surface area contributed by atoms with E-state index in [0.717, 1.165) is 12.8 Å². The van der Waals surface area contributed by atoms with E-state index in [1.165, 1.54) is 193 Å². The number of hydrogen-bond donors (Lipinski definition) is 1. The lowest BCUT2D eigenvalue weighted by atomic mass is 9.80. The molecule has 4 heteroatoms. The van der Waals surface area contributed by atoms with Gasteiger partial charge in [-0.15, -0.1) is 0 Å². The van der Waals surface area contributed by atoms with E-state index in [4.69, 9.17) is 4.65 Å². The van der Waals surface area contributed by atoms with Crippen LogP contribution in [0.5, 0.6) is 0 Å². The zero-order valence-corrected chi connectivity index (χ0v) is 31.7. The number of benzene rings is 1. The van der Waals surface area contributed by atoms with Crippen LogP contribution in [0.1, 0.15) is 213 Å². The largest absolute Gasteiger partial charge is 0.853 e. The van der Waals surface area contributed by atoms with Gasteiger partial charge in [-0.25, -0.2) is 0 Å². The predicted molar refractivity (Wildman–Crippen MR) is 205 cm³/mol. The Hall–Kier alpha value is -0.835. The highest BCUT2D eigenvalue weighted by atomic mass is 16.5. The molecule has 0 saturated heterocycles. The normalized spacial score (nSPS) is 11.0. The summed E-state index contributed by atoms with van der Waals surface area (Å²) in [5.74, 6) is 0. The van der Waals surface area contributed by atoms with E-state index in [1.807, 2.05) is 18.2 Å². The second kappa shape index (κ2) is 40.3. The highest BCUT2D eigenvalue weighted by Gasteiger charge is 2.01. The molecule has 46 heavy (non-hydrogen) atoms. The van der Waals surface area contributed by atoms with E-state index >= 15 is 0 Å². The maximum Gasteiger partial charge on any atom is 0.217 e. The molecule has 1 aromatic carbocycles. The van der Waals surface area contributed by atoms with E-state index in [0.29, 0.717) is 12.1 Å². The van der Waals surface area contributed by atoms with Crippen LogP contribution in [-0.4, -0.2) is 26.8 Å². The molecule has 0 saturated carbocycles. The first-order valence-corrected chi connectivity index (χ1v) is 20.9. The van der Waals surface area contributed by atoms with Gasteiger partial charge in [-0.05, 0) is 32.1 Å². The Morgan fingerprint density at radius 2 is 0.739 bits per heavy atom. The number of unbranched alkanes of at least 4 members (excludes halogenated alkanes) is 27. The van der Waals surface area contributed by atoms with E-state index in [-0.39, 0.29) is 0 Å². The minimum Gasteiger partial charge on any atom is -0.853 e. The molecule has 0 aliphatic heterocycles. The van der Waals surface area contributed by atoms with Gasteiger partial charge in [0.1, 0.15) is 0 Å². The third kappa shape index (κ3) is 36.0. The van der Waals surface area contributed by atoms with Crippen molar-refractivity contribution in [3.8, 4) is 0 Å². The quantitative estimate of drug-likeness (QED) is 0.0591. The molecule has 0 heterocycles. The van der Waals surface area contributed by atoms with Crippen LogP contribution in [0.4, 0.5) is 0 Å². The molecule has 0 unspecified atom stereocenters. The van der Waals surface area contributed by atoms with Crippen molar-refractivity contribution in [3.05, 3.63) is 30.3 Å². The Labute approximate surface area is 290 Å². The van der Waals surface area contributed by atoms with Gasteiger partial charge in [0.2, 0.25) is 7.12 Å².